The zero-order valence-electron chi connectivity index (χ0n) is 34.4. The highest BCUT2D eigenvalue weighted by molar-refractivity contribution is 5.87. The van der Waals surface area contributed by atoms with Crippen LogP contribution in [0.1, 0.15) is 120 Å². The first-order chi connectivity index (χ1) is 25.8. The maximum atomic E-state index is 14.0. The van der Waals surface area contributed by atoms with E-state index < -0.39 is 84.4 Å². The van der Waals surface area contributed by atoms with Crippen LogP contribution in [-0.2, 0) is 19.1 Å². The maximum absolute atomic E-state index is 14.0. The Balaban J connectivity index is 1.68. The summed E-state index contributed by atoms with van der Waals surface area (Å²) in [5.74, 6) is -4.62. The van der Waals surface area contributed by atoms with Crippen LogP contribution in [0.4, 0.5) is 0 Å². The van der Waals surface area contributed by atoms with E-state index >= 15 is 0 Å². The summed E-state index contributed by atoms with van der Waals surface area (Å²) < 4.78 is 12.3. The van der Waals surface area contributed by atoms with Gasteiger partial charge in [0.1, 0.15) is 12.1 Å². The molecule has 5 rings (SSSR count). The summed E-state index contributed by atoms with van der Waals surface area (Å²) in [5.41, 5.74) is 2.34. The number of fused-ring (bicyclic) bond motifs is 16. The highest BCUT2D eigenvalue weighted by atomic mass is 16.6. The van der Waals surface area contributed by atoms with Gasteiger partial charge >= 0.3 is 5.97 Å². The number of nitrogens with zero attached hydrogens (tertiary/aromatic N) is 1. The molecule has 55 heavy (non-hydrogen) atoms. The summed E-state index contributed by atoms with van der Waals surface area (Å²) >= 11 is 0. The molecule has 0 saturated carbocycles. The average molecular weight is 778 g/mol. The molecule has 16 atom stereocenters. The van der Waals surface area contributed by atoms with E-state index in [1.807, 2.05) is 45.9 Å². The van der Waals surface area contributed by atoms with E-state index in [2.05, 4.69) is 0 Å². The lowest BCUT2D eigenvalue weighted by molar-refractivity contribution is -0.285. The van der Waals surface area contributed by atoms with E-state index in [-0.39, 0.29) is 55.9 Å². The number of esters is 1. The Bertz CT molecular complexity index is 1400. The topological polar surface area (TPSA) is 197 Å². The van der Waals surface area contributed by atoms with Crippen molar-refractivity contribution in [2.75, 3.05) is 6.54 Å². The molecule has 12 nitrogen and oxygen atoms in total. The van der Waals surface area contributed by atoms with Crippen LogP contribution in [0.15, 0.2) is 34.9 Å². The van der Waals surface area contributed by atoms with Crippen molar-refractivity contribution in [3.8, 4) is 0 Å². The summed E-state index contributed by atoms with van der Waals surface area (Å²) in [4.78, 5) is 29.3. The summed E-state index contributed by atoms with van der Waals surface area (Å²) in [7, 11) is 0. The van der Waals surface area contributed by atoms with Crippen LogP contribution in [0, 0.1) is 35.5 Å². The van der Waals surface area contributed by atoms with Crippen LogP contribution < -0.4 is 0 Å². The Morgan fingerprint density at radius 3 is 2.29 bits per heavy atom. The Kier molecular flexibility index (Phi) is 16.2. The molecule has 0 aliphatic carbocycles. The molecule has 0 radical (unpaired) electrons. The van der Waals surface area contributed by atoms with Crippen molar-refractivity contribution in [3.05, 3.63) is 34.9 Å². The van der Waals surface area contributed by atoms with E-state index in [1.165, 1.54) is 4.90 Å². The molecule has 314 valence electrons. The highest BCUT2D eigenvalue weighted by Crippen LogP contribution is 2.43. The van der Waals surface area contributed by atoms with Crippen molar-refractivity contribution >= 4 is 11.9 Å². The van der Waals surface area contributed by atoms with Gasteiger partial charge in [0.25, 0.3) is 0 Å². The van der Waals surface area contributed by atoms with Crippen molar-refractivity contribution in [2.24, 2.45) is 35.5 Å². The van der Waals surface area contributed by atoms with Crippen LogP contribution in [0.3, 0.4) is 0 Å². The molecule has 0 spiro atoms. The van der Waals surface area contributed by atoms with Gasteiger partial charge in [-0.05, 0) is 87.3 Å². The summed E-state index contributed by atoms with van der Waals surface area (Å²) in [6.07, 6.45) is 1.86. The molecule has 0 aromatic rings. The van der Waals surface area contributed by atoms with Gasteiger partial charge in [0.05, 0.1) is 49.1 Å². The SMILES string of the molecule is CCC1=CCC2OC(=O)C3C(CCN3C(=O)CC3(O)OC(CCC3C)CC(O)C(C)C(O)CC(O)CC(O)C(C)=CC(C)CC(C)C1O)C2=CC(C)C(C)O. The lowest BCUT2D eigenvalue weighted by Gasteiger charge is -2.44. The quantitative estimate of drug-likeness (QED) is 0.162. The van der Waals surface area contributed by atoms with E-state index in [1.54, 1.807) is 27.7 Å². The van der Waals surface area contributed by atoms with Gasteiger partial charge in [0.2, 0.25) is 5.91 Å². The second kappa shape index (κ2) is 19.5. The fourth-order valence-corrected chi connectivity index (χ4v) is 9.13. The second-order valence-electron chi connectivity index (χ2n) is 17.6. The molecule has 7 N–H and O–H groups in total. The van der Waals surface area contributed by atoms with Crippen molar-refractivity contribution in [1.29, 1.82) is 0 Å². The number of carbonyl (C=O) groups excluding carboxylic acids is 2. The van der Waals surface area contributed by atoms with E-state index in [9.17, 15) is 45.3 Å². The zero-order valence-corrected chi connectivity index (χ0v) is 34.4. The molecule has 6 bridgehead atoms. The van der Waals surface area contributed by atoms with Crippen molar-refractivity contribution in [3.63, 3.8) is 0 Å². The van der Waals surface area contributed by atoms with Crippen LogP contribution in [0.25, 0.3) is 0 Å². The number of hydrogen-bond acceptors (Lipinski definition) is 11. The molecular formula is C43H71NO11. The summed E-state index contributed by atoms with van der Waals surface area (Å²) in [5, 5.41) is 77.6. The Morgan fingerprint density at radius 2 is 1.64 bits per heavy atom. The van der Waals surface area contributed by atoms with E-state index in [4.69, 9.17) is 9.47 Å². The van der Waals surface area contributed by atoms with Crippen molar-refractivity contribution in [1.82, 2.24) is 4.90 Å². The van der Waals surface area contributed by atoms with Crippen LogP contribution in [0.2, 0.25) is 0 Å². The Morgan fingerprint density at radius 1 is 0.964 bits per heavy atom. The van der Waals surface area contributed by atoms with Gasteiger partial charge in [0, 0.05) is 43.1 Å². The first kappa shape index (κ1) is 45.5. The molecule has 1 amide bonds. The molecule has 3 fully saturated rings. The minimum atomic E-state index is -1.85. The lowest BCUT2D eigenvalue weighted by Crippen LogP contribution is -2.54. The molecule has 5 aliphatic heterocycles. The lowest BCUT2D eigenvalue weighted by atomic mass is 9.81. The molecule has 0 aromatic carbocycles. The molecular weight excluding hydrogens is 706 g/mol. The average Bonchev–Trinajstić information content (AvgIpc) is 3.56. The third kappa shape index (κ3) is 11.3. The monoisotopic (exact) mass is 778 g/mol. The minimum absolute atomic E-state index is 0.00125. The number of hydrogen-bond donors (Lipinski definition) is 7. The maximum Gasteiger partial charge on any atom is 0.330 e. The molecule has 3 saturated heterocycles. The Labute approximate surface area is 328 Å². The highest BCUT2D eigenvalue weighted by Gasteiger charge is 2.52. The minimum Gasteiger partial charge on any atom is -0.456 e. The van der Waals surface area contributed by atoms with E-state index in [0.29, 0.717) is 44.1 Å². The molecule has 5 aliphatic rings. The van der Waals surface area contributed by atoms with Gasteiger partial charge in [-0.15, -0.1) is 0 Å². The van der Waals surface area contributed by atoms with Gasteiger partial charge in [-0.25, -0.2) is 4.79 Å². The summed E-state index contributed by atoms with van der Waals surface area (Å²) in [6, 6.07) is -0.895. The van der Waals surface area contributed by atoms with Gasteiger partial charge in [-0.1, -0.05) is 59.8 Å². The number of amides is 1. The number of aliphatic hydroxyl groups is 7. The third-order valence-electron chi connectivity index (χ3n) is 13.2. The van der Waals surface area contributed by atoms with Crippen molar-refractivity contribution in [2.45, 2.75) is 180 Å². The first-order valence-electron chi connectivity index (χ1n) is 20.8. The predicted molar refractivity (Wildman–Crippen MR) is 208 cm³/mol. The van der Waals surface area contributed by atoms with Crippen LogP contribution >= 0.6 is 0 Å². The van der Waals surface area contributed by atoms with Gasteiger partial charge in [0.15, 0.2) is 5.79 Å². The third-order valence-corrected chi connectivity index (χ3v) is 13.2. The van der Waals surface area contributed by atoms with Crippen molar-refractivity contribution < 1.29 is 54.8 Å². The molecule has 16 unspecified atom stereocenters. The Hall–Kier alpha value is -2.16. The standard InChI is InChI=1S/C43H71NO11/c1-9-30-11-13-38-34(18-24(3)29(8)45)33-14-15-44(40(33)42(52)54-38)39(50)22-43(53)27(6)10-12-32(55-43)21-37(49)28(7)36(48)20-31(46)19-35(47)25(4)16-23(2)17-26(5)41(30)51/h11,16,18,23-24,26-29,31-33,35-38,40-41,45-49,51,53H,9-10,12-15,17,19-22H2,1-8H3. The molecule has 5 heterocycles. The van der Waals surface area contributed by atoms with Crippen LogP contribution in [0.5, 0.6) is 0 Å². The molecule has 0 aromatic heterocycles. The number of rotatable bonds is 3. The van der Waals surface area contributed by atoms with Gasteiger partial charge in [-0.2, -0.15) is 0 Å². The summed E-state index contributed by atoms with van der Waals surface area (Å²) in [6.45, 7) is 15.1. The number of allylic oxidation sites excluding steroid dienone is 1. The number of carbonyl (C=O) groups is 2. The number of aliphatic hydroxyl groups excluding tert-OH is 6. The fourth-order valence-electron chi connectivity index (χ4n) is 9.13. The van der Waals surface area contributed by atoms with Gasteiger partial charge < -0.3 is 50.1 Å². The second-order valence-corrected chi connectivity index (χ2v) is 17.6. The normalized spacial score (nSPS) is 42.6. The zero-order chi connectivity index (χ0) is 40.9. The fraction of sp³-hybridized carbons (Fsp3) is 0.814. The number of ether oxygens (including phenoxy) is 2. The van der Waals surface area contributed by atoms with E-state index in [0.717, 1.165) is 11.1 Å². The largest absolute Gasteiger partial charge is 0.456 e. The van der Waals surface area contributed by atoms with Gasteiger partial charge in [-0.3, -0.25) is 4.79 Å². The predicted octanol–water partition coefficient (Wildman–Crippen LogP) is 3.93. The smallest absolute Gasteiger partial charge is 0.330 e. The first-order valence-corrected chi connectivity index (χ1v) is 20.8. The molecule has 12 heteroatoms. The van der Waals surface area contributed by atoms with Crippen LogP contribution in [-0.4, -0.2) is 120 Å².